The molecule has 0 aromatic carbocycles. The summed E-state index contributed by atoms with van der Waals surface area (Å²) >= 11 is 0. The number of aryl methyl sites for hydroxylation is 1. The highest BCUT2D eigenvalue weighted by Crippen LogP contribution is 2.40. The van der Waals surface area contributed by atoms with E-state index in [1.165, 1.54) is 5.69 Å². The molecule has 1 N–H and O–H groups in total. The molecule has 1 fully saturated rings. The Hall–Kier alpha value is -2.41. The molecule has 0 unspecified atom stereocenters. The van der Waals surface area contributed by atoms with Crippen molar-refractivity contribution in [1.29, 1.82) is 0 Å². The second kappa shape index (κ2) is 5.81. The van der Waals surface area contributed by atoms with Gasteiger partial charge in [-0.25, -0.2) is 4.98 Å². The lowest BCUT2D eigenvalue weighted by atomic mass is 10.0. The fourth-order valence-corrected chi connectivity index (χ4v) is 4.46. The average molecular weight is 351 g/mol. The summed E-state index contributed by atoms with van der Waals surface area (Å²) in [6.45, 7) is 7.69. The van der Waals surface area contributed by atoms with E-state index in [9.17, 15) is 0 Å². The Balaban J connectivity index is 1.60. The van der Waals surface area contributed by atoms with E-state index in [1.54, 1.807) is 0 Å². The molecule has 2 aliphatic rings. The molecule has 3 aromatic heterocycles. The molecule has 0 atom stereocenters. The molecule has 7 nitrogen and oxygen atoms in total. The standard InChI is InChI=1S/C19H25N7/c1-12(2)25-8-5-13(6-9-25)26-11-16-14(10-21-24(16)3)18-17-15(22-23-18)4-7-20-19(17)26/h4,7,10,12-13H,5-6,8-9,11H2,1-3H3,(H,22,23). The van der Waals surface area contributed by atoms with Gasteiger partial charge >= 0.3 is 0 Å². The number of hydrogen-bond acceptors (Lipinski definition) is 5. The monoisotopic (exact) mass is 351 g/mol. The minimum absolute atomic E-state index is 0.492. The fraction of sp³-hybridized carbons (Fsp3) is 0.526. The molecule has 0 bridgehead atoms. The summed E-state index contributed by atoms with van der Waals surface area (Å²) in [5.74, 6) is 1.06. The highest BCUT2D eigenvalue weighted by atomic mass is 15.3. The molecule has 5 rings (SSSR count). The number of aromatic amines is 1. The summed E-state index contributed by atoms with van der Waals surface area (Å²) in [4.78, 5) is 9.86. The van der Waals surface area contributed by atoms with E-state index in [-0.39, 0.29) is 0 Å². The van der Waals surface area contributed by atoms with E-state index >= 15 is 0 Å². The second-order valence-electron chi connectivity index (χ2n) is 7.75. The molecular formula is C19H25N7. The van der Waals surface area contributed by atoms with Crippen LogP contribution in [-0.2, 0) is 13.6 Å². The van der Waals surface area contributed by atoms with Gasteiger partial charge in [0.15, 0.2) is 0 Å². The number of aromatic nitrogens is 5. The van der Waals surface area contributed by atoms with Crippen molar-refractivity contribution in [2.75, 3.05) is 18.0 Å². The third-order valence-electron chi connectivity index (χ3n) is 6.03. The predicted octanol–water partition coefficient (Wildman–Crippen LogP) is 2.55. The Bertz CT molecular complexity index is 946. The number of rotatable bonds is 2. The number of hydrogen-bond donors (Lipinski definition) is 1. The molecule has 0 saturated carbocycles. The summed E-state index contributed by atoms with van der Waals surface area (Å²) < 4.78 is 1.98. The van der Waals surface area contributed by atoms with Gasteiger partial charge in [-0.3, -0.25) is 9.78 Å². The van der Waals surface area contributed by atoms with Crippen molar-refractivity contribution in [2.45, 2.75) is 45.3 Å². The molecule has 0 spiro atoms. The third kappa shape index (κ3) is 2.26. The van der Waals surface area contributed by atoms with Crippen LogP contribution in [0.1, 0.15) is 32.4 Å². The van der Waals surface area contributed by atoms with Crippen LogP contribution in [0.2, 0.25) is 0 Å². The molecule has 0 amide bonds. The van der Waals surface area contributed by atoms with E-state index < -0.39 is 0 Å². The lowest BCUT2D eigenvalue weighted by Crippen LogP contribution is -2.47. The highest BCUT2D eigenvalue weighted by Gasteiger charge is 2.33. The summed E-state index contributed by atoms with van der Waals surface area (Å²) in [5, 5.41) is 13.4. The normalized spacial score (nSPS) is 18.5. The van der Waals surface area contributed by atoms with Crippen molar-refractivity contribution in [3.8, 4) is 11.3 Å². The van der Waals surface area contributed by atoms with Crippen LogP contribution in [0.3, 0.4) is 0 Å². The van der Waals surface area contributed by atoms with Crippen LogP contribution in [-0.4, -0.2) is 55.0 Å². The fourth-order valence-electron chi connectivity index (χ4n) is 4.46. The van der Waals surface area contributed by atoms with Gasteiger partial charge in [0.25, 0.3) is 0 Å². The number of nitrogens with zero attached hydrogens (tertiary/aromatic N) is 6. The van der Waals surface area contributed by atoms with Crippen molar-refractivity contribution in [3.05, 3.63) is 24.2 Å². The third-order valence-corrected chi connectivity index (χ3v) is 6.03. The molecule has 2 aliphatic heterocycles. The van der Waals surface area contributed by atoms with Crippen LogP contribution in [0.25, 0.3) is 22.2 Å². The zero-order valence-corrected chi connectivity index (χ0v) is 15.6. The minimum Gasteiger partial charge on any atom is -0.347 e. The first-order chi connectivity index (χ1) is 12.6. The van der Waals surface area contributed by atoms with Crippen LogP contribution in [0.15, 0.2) is 18.5 Å². The molecule has 7 heteroatoms. The SMILES string of the molecule is CC(C)N1CCC(N2Cc3c(cnn3C)-c3n[nH]c4ccnc2c34)CC1. The lowest BCUT2D eigenvalue weighted by molar-refractivity contribution is 0.169. The highest BCUT2D eigenvalue weighted by molar-refractivity contribution is 6.02. The maximum atomic E-state index is 4.80. The number of nitrogens with one attached hydrogen (secondary N) is 1. The summed E-state index contributed by atoms with van der Waals surface area (Å²) in [6, 6.07) is 3.12. The van der Waals surface area contributed by atoms with Crippen molar-refractivity contribution in [3.63, 3.8) is 0 Å². The maximum absolute atomic E-state index is 4.80. The Morgan fingerprint density at radius 2 is 2.04 bits per heavy atom. The molecule has 3 aromatic rings. The van der Waals surface area contributed by atoms with Crippen molar-refractivity contribution < 1.29 is 0 Å². The van der Waals surface area contributed by atoms with Crippen molar-refractivity contribution in [1.82, 2.24) is 29.9 Å². The maximum Gasteiger partial charge on any atom is 0.140 e. The minimum atomic E-state index is 0.492. The number of H-pyrrole nitrogens is 1. The van der Waals surface area contributed by atoms with Gasteiger partial charge in [-0.15, -0.1) is 0 Å². The predicted molar refractivity (Wildman–Crippen MR) is 102 cm³/mol. The molecule has 5 heterocycles. The van der Waals surface area contributed by atoms with Crippen molar-refractivity contribution >= 4 is 16.7 Å². The lowest BCUT2D eigenvalue weighted by Gasteiger charge is -2.40. The first-order valence-corrected chi connectivity index (χ1v) is 9.48. The van der Waals surface area contributed by atoms with Gasteiger partial charge in [-0.2, -0.15) is 10.2 Å². The molecule has 26 heavy (non-hydrogen) atoms. The number of fused-ring (bicyclic) bond motifs is 2. The van der Waals surface area contributed by atoms with Gasteiger partial charge < -0.3 is 9.80 Å². The summed E-state index contributed by atoms with van der Waals surface area (Å²) in [7, 11) is 2.02. The molecule has 136 valence electrons. The van der Waals surface area contributed by atoms with Gasteiger partial charge in [-0.1, -0.05) is 0 Å². The van der Waals surface area contributed by atoms with Gasteiger partial charge in [0, 0.05) is 44.0 Å². The van der Waals surface area contributed by atoms with Crippen LogP contribution < -0.4 is 4.90 Å². The molecule has 1 saturated heterocycles. The Morgan fingerprint density at radius 3 is 2.81 bits per heavy atom. The number of pyridine rings is 1. The van der Waals surface area contributed by atoms with E-state index in [2.05, 4.69) is 38.9 Å². The number of anilines is 1. The van der Waals surface area contributed by atoms with Crippen LogP contribution >= 0.6 is 0 Å². The zero-order chi connectivity index (χ0) is 17.8. The zero-order valence-electron chi connectivity index (χ0n) is 15.6. The van der Waals surface area contributed by atoms with Gasteiger partial charge in [0.1, 0.15) is 11.5 Å². The van der Waals surface area contributed by atoms with Crippen LogP contribution in [0, 0.1) is 0 Å². The largest absolute Gasteiger partial charge is 0.347 e. The Morgan fingerprint density at radius 1 is 1.23 bits per heavy atom. The second-order valence-corrected chi connectivity index (χ2v) is 7.75. The van der Waals surface area contributed by atoms with Crippen molar-refractivity contribution in [2.24, 2.45) is 7.05 Å². The quantitative estimate of drug-likeness (QED) is 0.769. The Labute approximate surface area is 153 Å². The first kappa shape index (κ1) is 15.8. The smallest absolute Gasteiger partial charge is 0.140 e. The van der Waals surface area contributed by atoms with E-state index in [0.29, 0.717) is 12.1 Å². The van der Waals surface area contributed by atoms with Gasteiger partial charge in [0.05, 0.1) is 29.3 Å². The molecular weight excluding hydrogens is 326 g/mol. The van der Waals surface area contributed by atoms with E-state index in [4.69, 9.17) is 4.98 Å². The topological polar surface area (TPSA) is 65.9 Å². The average Bonchev–Trinajstić information content (AvgIpc) is 3.19. The number of piperidine rings is 1. The van der Waals surface area contributed by atoms with E-state index in [1.807, 2.05) is 30.2 Å². The summed E-state index contributed by atoms with van der Waals surface area (Å²) in [6.07, 6.45) is 6.16. The van der Waals surface area contributed by atoms with Crippen LogP contribution in [0.4, 0.5) is 5.82 Å². The first-order valence-electron chi connectivity index (χ1n) is 9.48. The van der Waals surface area contributed by atoms with E-state index in [0.717, 1.165) is 60.5 Å². The summed E-state index contributed by atoms with van der Waals surface area (Å²) in [5.41, 5.74) is 4.36. The van der Waals surface area contributed by atoms with Gasteiger partial charge in [0.2, 0.25) is 0 Å². The van der Waals surface area contributed by atoms with Crippen LogP contribution in [0.5, 0.6) is 0 Å². The number of likely N-dealkylation sites (tertiary alicyclic amines) is 1. The molecule has 0 radical (unpaired) electrons. The molecule has 0 aliphatic carbocycles. The Kier molecular flexibility index (Phi) is 3.53. The van der Waals surface area contributed by atoms with Gasteiger partial charge in [-0.05, 0) is 32.8 Å².